The van der Waals surface area contributed by atoms with E-state index in [1.165, 1.54) is 11.1 Å². The van der Waals surface area contributed by atoms with Gasteiger partial charge in [0.15, 0.2) is 0 Å². The Hall–Kier alpha value is -1.47. The van der Waals surface area contributed by atoms with Gasteiger partial charge < -0.3 is 20.3 Å². The minimum Gasteiger partial charge on any atom is -0.395 e. The van der Waals surface area contributed by atoms with Crippen molar-refractivity contribution in [2.24, 2.45) is 0 Å². The summed E-state index contributed by atoms with van der Waals surface area (Å²) < 4.78 is 5.58. The van der Waals surface area contributed by atoms with Gasteiger partial charge in [0.1, 0.15) is 6.10 Å². The second kappa shape index (κ2) is 7.40. The molecule has 2 aliphatic rings. The summed E-state index contributed by atoms with van der Waals surface area (Å²) >= 11 is 0. The molecule has 3 N–H and O–H groups in total. The van der Waals surface area contributed by atoms with Crippen LogP contribution in [0.15, 0.2) is 18.2 Å². The van der Waals surface area contributed by atoms with Crippen LogP contribution >= 0.6 is 0 Å². The Labute approximate surface area is 136 Å². The van der Waals surface area contributed by atoms with Gasteiger partial charge in [-0.2, -0.15) is 0 Å². The Kier molecular flexibility index (Phi) is 5.27. The van der Waals surface area contributed by atoms with Crippen molar-refractivity contribution in [1.82, 2.24) is 4.90 Å². The third-order valence-corrected chi connectivity index (χ3v) is 4.73. The van der Waals surface area contributed by atoms with Crippen LogP contribution in [0.2, 0.25) is 0 Å². The van der Waals surface area contributed by atoms with Crippen molar-refractivity contribution < 1.29 is 19.7 Å². The first-order valence-electron chi connectivity index (χ1n) is 8.22. The second-order valence-electron chi connectivity index (χ2n) is 6.16. The molecule has 0 bridgehead atoms. The first kappa shape index (κ1) is 16.4. The Balaban J connectivity index is 1.65. The maximum atomic E-state index is 12.5. The van der Waals surface area contributed by atoms with E-state index < -0.39 is 6.10 Å². The van der Waals surface area contributed by atoms with Gasteiger partial charge in [-0.1, -0.05) is 12.1 Å². The number of ether oxygens (including phenoxy) is 1. The van der Waals surface area contributed by atoms with Crippen molar-refractivity contribution in [3.05, 3.63) is 29.3 Å². The lowest BCUT2D eigenvalue weighted by molar-refractivity contribution is -0.135. The fourth-order valence-corrected chi connectivity index (χ4v) is 3.40. The standard InChI is InChI=1S/C17H24N2O4/c20-10-13(11-21)19-7-8-23-16(9-19)17(22)18-15-6-2-4-12-3-1-5-14(12)15/h2,4,6,13,16,20-21H,1,3,5,7-11H2,(H,18,22). The number of aryl methyl sites for hydroxylation is 1. The molecule has 1 aromatic carbocycles. The zero-order valence-corrected chi connectivity index (χ0v) is 13.2. The maximum Gasteiger partial charge on any atom is 0.254 e. The molecular formula is C17H24N2O4. The van der Waals surface area contributed by atoms with Gasteiger partial charge in [0.05, 0.1) is 25.9 Å². The van der Waals surface area contributed by atoms with Gasteiger partial charge in [-0.05, 0) is 36.5 Å². The minimum absolute atomic E-state index is 0.128. The van der Waals surface area contributed by atoms with Crippen LogP contribution in [0.1, 0.15) is 17.5 Å². The average molecular weight is 320 g/mol. The third kappa shape index (κ3) is 3.55. The van der Waals surface area contributed by atoms with Crippen LogP contribution in [-0.4, -0.2) is 66.1 Å². The molecule has 1 fully saturated rings. The minimum atomic E-state index is -0.582. The lowest BCUT2D eigenvalue weighted by atomic mass is 10.1. The molecule has 1 saturated heterocycles. The first-order chi connectivity index (χ1) is 11.2. The zero-order chi connectivity index (χ0) is 16.2. The number of hydrogen-bond acceptors (Lipinski definition) is 5. The quantitative estimate of drug-likeness (QED) is 0.720. The molecule has 0 spiro atoms. The number of fused-ring (bicyclic) bond motifs is 1. The van der Waals surface area contributed by atoms with E-state index in [2.05, 4.69) is 11.4 Å². The molecule has 1 aliphatic carbocycles. The summed E-state index contributed by atoms with van der Waals surface area (Å²) in [7, 11) is 0. The number of aliphatic hydroxyl groups excluding tert-OH is 2. The highest BCUT2D eigenvalue weighted by atomic mass is 16.5. The Morgan fingerprint density at radius 2 is 2.17 bits per heavy atom. The molecule has 1 aliphatic heterocycles. The van der Waals surface area contributed by atoms with Crippen LogP contribution in [0, 0.1) is 0 Å². The molecule has 1 unspecified atom stereocenters. The molecule has 6 nitrogen and oxygen atoms in total. The number of nitrogens with one attached hydrogen (secondary N) is 1. The number of nitrogens with zero attached hydrogens (tertiary/aromatic N) is 1. The Morgan fingerprint density at radius 3 is 2.96 bits per heavy atom. The normalized spacial score (nSPS) is 21.4. The lowest BCUT2D eigenvalue weighted by Crippen LogP contribution is -2.53. The Morgan fingerprint density at radius 1 is 1.35 bits per heavy atom. The van der Waals surface area contributed by atoms with Crippen LogP contribution in [0.25, 0.3) is 0 Å². The van der Waals surface area contributed by atoms with Crippen molar-refractivity contribution in [3.8, 4) is 0 Å². The molecule has 0 aromatic heterocycles. The molecule has 126 valence electrons. The monoisotopic (exact) mass is 320 g/mol. The molecule has 23 heavy (non-hydrogen) atoms. The summed E-state index contributed by atoms with van der Waals surface area (Å²) in [6, 6.07) is 5.69. The van der Waals surface area contributed by atoms with E-state index >= 15 is 0 Å². The lowest BCUT2D eigenvalue weighted by Gasteiger charge is -2.36. The molecule has 1 aromatic rings. The van der Waals surface area contributed by atoms with Crippen LogP contribution in [0.5, 0.6) is 0 Å². The summed E-state index contributed by atoms with van der Waals surface area (Å²) in [4.78, 5) is 14.4. The van der Waals surface area contributed by atoms with E-state index in [1.54, 1.807) is 0 Å². The van der Waals surface area contributed by atoms with Gasteiger partial charge in [-0.15, -0.1) is 0 Å². The van der Waals surface area contributed by atoms with Crippen LogP contribution in [-0.2, 0) is 22.4 Å². The van der Waals surface area contributed by atoms with Crippen molar-refractivity contribution in [1.29, 1.82) is 0 Å². The topological polar surface area (TPSA) is 82.0 Å². The van der Waals surface area contributed by atoms with Crippen LogP contribution < -0.4 is 5.32 Å². The summed E-state index contributed by atoms with van der Waals surface area (Å²) in [5, 5.41) is 21.6. The molecule has 0 saturated carbocycles. The molecule has 0 radical (unpaired) electrons. The highest BCUT2D eigenvalue weighted by Gasteiger charge is 2.30. The van der Waals surface area contributed by atoms with Gasteiger partial charge in [-0.3, -0.25) is 9.69 Å². The molecule has 6 heteroatoms. The fourth-order valence-electron chi connectivity index (χ4n) is 3.40. The van der Waals surface area contributed by atoms with Crippen molar-refractivity contribution in [2.75, 3.05) is 38.2 Å². The number of amides is 1. The number of morpholine rings is 1. The van der Waals surface area contributed by atoms with Gasteiger partial charge >= 0.3 is 0 Å². The van der Waals surface area contributed by atoms with E-state index in [0.717, 1.165) is 24.9 Å². The van der Waals surface area contributed by atoms with E-state index in [-0.39, 0.29) is 25.2 Å². The number of anilines is 1. The SMILES string of the molecule is O=C(Nc1cccc2c1CCC2)C1CN(C(CO)CO)CCO1. The van der Waals surface area contributed by atoms with Gasteiger partial charge in [0, 0.05) is 18.8 Å². The maximum absolute atomic E-state index is 12.5. The highest BCUT2D eigenvalue weighted by molar-refractivity contribution is 5.95. The largest absolute Gasteiger partial charge is 0.395 e. The first-order valence-corrected chi connectivity index (χ1v) is 8.22. The molecule has 1 amide bonds. The van der Waals surface area contributed by atoms with Gasteiger partial charge in [-0.25, -0.2) is 0 Å². The smallest absolute Gasteiger partial charge is 0.254 e. The number of benzene rings is 1. The fraction of sp³-hybridized carbons (Fsp3) is 0.588. The van der Waals surface area contributed by atoms with Crippen LogP contribution in [0.4, 0.5) is 5.69 Å². The van der Waals surface area contributed by atoms with E-state index in [0.29, 0.717) is 19.7 Å². The van der Waals surface area contributed by atoms with Crippen molar-refractivity contribution >= 4 is 11.6 Å². The summed E-state index contributed by atoms with van der Waals surface area (Å²) in [5.41, 5.74) is 3.43. The molecule has 3 rings (SSSR count). The number of aliphatic hydroxyl groups is 2. The summed E-state index contributed by atoms with van der Waals surface area (Å²) in [6.45, 7) is 1.15. The average Bonchev–Trinajstić information content (AvgIpc) is 3.06. The third-order valence-electron chi connectivity index (χ3n) is 4.73. The number of rotatable bonds is 5. The number of carbonyl (C=O) groups is 1. The Bertz CT molecular complexity index is 560. The molecule has 1 heterocycles. The zero-order valence-electron chi connectivity index (χ0n) is 13.2. The predicted molar refractivity (Wildman–Crippen MR) is 86.4 cm³/mol. The molecule has 1 atom stereocenters. The van der Waals surface area contributed by atoms with Crippen LogP contribution in [0.3, 0.4) is 0 Å². The highest BCUT2D eigenvalue weighted by Crippen LogP contribution is 2.29. The van der Waals surface area contributed by atoms with Gasteiger partial charge in [0.2, 0.25) is 0 Å². The predicted octanol–water partition coefficient (Wildman–Crippen LogP) is 0.168. The summed E-state index contributed by atoms with van der Waals surface area (Å²) in [6.07, 6.45) is 2.62. The van der Waals surface area contributed by atoms with E-state index in [4.69, 9.17) is 4.74 Å². The molecular weight excluding hydrogens is 296 g/mol. The van der Waals surface area contributed by atoms with E-state index in [9.17, 15) is 15.0 Å². The van der Waals surface area contributed by atoms with Gasteiger partial charge in [0.25, 0.3) is 5.91 Å². The van der Waals surface area contributed by atoms with Crippen molar-refractivity contribution in [3.63, 3.8) is 0 Å². The number of carbonyl (C=O) groups excluding carboxylic acids is 1. The second-order valence-corrected chi connectivity index (χ2v) is 6.16. The van der Waals surface area contributed by atoms with Crippen molar-refractivity contribution in [2.45, 2.75) is 31.4 Å². The summed E-state index contributed by atoms with van der Waals surface area (Å²) in [5.74, 6) is -0.162. The van der Waals surface area contributed by atoms with E-state index in [1.807, 2.05) is 17.0 Å². The number of hydrogen-bond donors (Lipinski definition) is 3.